The highest BCUT2D eigenvalue weighted by Gasteiger charge is 2.30. The van der Waals surface area contributed by atoms with Gasteiger partial charge in [0.05, 0.1) is 26.4 Å². The molecule has 0 saturated heterocycles. The number of allylic oxidation sites excluding steroid dienone is 14. The van der Waals surface area contributed by atoms with Gasteiger partial charge in [-0.2, -0.15) is 0 Å². The van der Waals surface area contributed by atoms with Crippen LogP contribution in [0, 0.1) is 0 Å². The molecule has 0 aromatic rings. The first kappa shape index (κ1) is 96.2. The third-order valence-electron chi connectivity index (χ3n) is 16.8. The molecule has 17 nitrogen and oxygen atoms in total. The van der Waals surface area contributed by atoms with Crippen LogP contribution in [0.5, 0.6) is 0 Å². The first-order valence-electron chi connectivity index (χ1n) is 39.8. The van der Waals surface area contributed by atoms with Crippen molar-refractivity contribution < 1.29 is 80.2 Å². The average Bonchev–Trinajstić information content (AvgIpc) is 0.946. The zero-order chi connectivity index (χ0) is 73.2. The smallest absolute Gasteiger partial charge is 0.462 e. The Bertz CT molecular complexity index is 2230. The Morgan fingerprint density at radius 3 is 0.840 bits per heavy atom. The Kier molecular flexibility index (Phi) is 70.8. The minimum atomic E-state index is -4.98. The topological polar surface area (TPSA) is 237 Å². The summed E-state index contributed by atoms with van der Waals surface area (Å²) in [7, 11) is -9.95. The van der Waals surface area contributed by atoms with Crippen molar-refractivity contribution in [2.75, 3.05) is 39.6 Å². The molecule has 0 saturated carbocycles. The molecule has 0 radical (unpaired) electrons. The first-order chi connectivity index (χ1) is 48.7. The summed E-state index contributed by atoms with van der Waals surface area (Å²) in [5.41, 5.74) is 0. The maximum absolute atomic E-state index is 13.1. The number of ether oxygens (including phenoxy) is 4. The van der Waals surface area contributed by atoms with Crippen LogP contribution in [-0.4, -0.2) is 96.7 Å². The fourth-order valence-electron chi connectivity index (χ4n) is 10.8. The molecule has 0 aliphatic heterocycles. The quantitative estimate of drug-likeness (QED) is 0.0169. The van der Waals surface area contributed by atoms with Gasteiger partial charge in [-0.3, -0.25) is 37.3 Å². The monoisotopic (exact) mass is 1450 g/mol. The molecule has 0 fully saturated rings. The largest absolute Gasteiger partial charge is 0.472 e. The van der Waals surface area contributed by atoms with Crippen molar-refractivity contribution in [3.05, 3.63) is 85.1 Å². The molecule has 5 atom stereocenters. The highest BCUT2D eigenvalue weighted by atomic mass is 31.2. The van der Waals surface area contributed by atoms with Crippen molar-refractivity contribution in [2.45, 2.75) is 367 Å². The van der Waals surface area contributed by atoms with E-state index in [2.05, 4.69) is 113 Å². The third kappa shape index (κ3) is 72.6. The number of esters is 4. The number of phosphoric acid groups is 2. The molecule has 0 aromatic carbocycles. The zero-order valence-electron chi connectivity index (χ0n) is 63.4. The van der Waals surface area contributed by atoms with E-state index in [9.17, 15) is 43.2 Å². The maximum Gasteiger partial charge on any atom is 0.472 e. The number of unbranched alkanes of at least 4 members (excludes halogenated alkanes) is 35. The van der Waals surface area contributed by atoms with Gasteiger partial charge in [-0.25, -0.2) is 9.13 Å². The van der Waals surface area contributed by atoms with E-state index >= 15 is 0 Å². The summed E-state index contributed by atoms with van der Waals surface area (Å²) < 4.78 is 68.6. The van der Waals surface area contributed by atoms with Gasteiger partial charge in [0.15, 0.2) is 12.2 Å². The number of phosphoric ester groups is 2. The van der Waals surface area contributed by atoms with E-state index in [1.807, 2.05) is 0 Å². The van der Waals surface area contributed by atoms with Crippen LogP contribution in [-0.2, 0) is 65.4 Å². The van der Waals surface area contributed by atoms with Crippen LogP contribution >= 0.6 is 15.6 Å². The van der Waals surface area contributed by atoms with E-state index in [1.165, 1.54) is 96.3 Å². The van der Waals surface area contributed by atoms with Crippen LogP contribution in [0.4, 0.5) is 0 Å². The second-order valence-corrected chi connectivity index (χ2v) is 29.5. The van der Waals surface area contributed by atoms with E-state index in [4.69, 9.17) is 37.0 Å². The van der Waals surface area contributed by atoms with E-state index in [0.29, 0.717) is 25.7 Å². The molecule has 0 aromatic heterocycles. The van der Waals surface area contributed by atoms with Crippen LogP contribution in [0.15, 0.2) is 85.1 Å². The van der Waals surface area contributed by atoms with E-state index < -0.39 is 97.5 Å². The lowest BCUT2D eigenvalue weighted by molar-refractivity contribution is -0.161. The summed E-state index contributed by atoms with van der Waals surface area (Å²) in [6, 6.07) is 0. The first-order valence-corrected chi connectivity index (χ1v) is 42.8. The fourth-order valence-corrected chi connectivity index (χ4v) is 12.3. The van der Waals surface area contributed by atoms with Crippen LogP contribution in [0.1, 0.15) is 349 Å². The summed E-state index contributed by atoms with van der Waals surface area (Å²) in [6.07, 6.45) is 75.6. The normalized spacial score (nSPS) is 14.3. The number of hydrogen-bond acceptors (Lipinski definition) is 15. The minimum Gasteiger partial charge on any atom is -0.462 e. The summed E-state index contributed by atoms with van der Waals surface area (Å²) in [6.45, 7) is 4.73. The Morgan fingerprint density at radius 2 is 0.520 bits per heavy atom. The van der Waals surface area contributed by atoms with Crippen molar-refractivity contribution in [1.29, 1.82) is 0 Å². The number of carbonyl (C=O) groups is 4. The van der Waals surface area contributed by atoms with Crippen LogP contribution in [0.25, 0.3) is 0 Å². The molecule has 3 N–H and O–H groups in total. The molecule has 580 valence electrons. The molecule has 0 spiro atoms. The highest BCUT2D eigenvalue weighted by molar-refractivity contribution is 7.47. The van der Waals surface area contributed by atoms with Crippen molar-refractivity contribution in [3.63, 3.8) is 0 Å². The van der Waals surface area contributed by atoms with E-state index in [-0.39, 0.29) is 25.7 Å². The second-order valence-electron chi connectivity index (χ2n) is 26.6. The lowest BCUT2D eigenvalue weighted by Crippen LogP contribution is -2.30. The summed E-state index contributed by atoms with van der Waals surface area (Å²) in [5.74, 6) is -2.19. The van der Waals surface area contributed by atoms with Crippen molar-refractivity contribution in [3.8, 4) is 0 Å². The molecule has 19 heteroatoms. The van der Waals surface area contributed by atoms with E-state index in [1.54, 1.807) is 0 Å². The predicted molar refractivity (Wildman–Crippen MR) is 409 cm³/mol. The Morgan fingerprint density at radius 1 is 0.290 bits per heavy atom. The molecular weight excluding hydrogens is 1310 g/mol. The summed E-state index contributed by atoms with van der Waals surface area (Å²) in [5, 5.41) is 10.6. The molecule has 0 heterocycles. The van der Waals surface area contributed by atoms with Gasteiger partial charge in [0.25, 0.3) is 0 Å². The molecule has 0 aliphatic rings. The molecule has 0 bridgehead atoms. The Labute approximate surface area is 608 Å². The van der Waals surface area contributed by atoms with Crippen molar-refractivity contribution >= 4 is 39.5 Å². The number of rotatable bonds is 75. The number of aliphatic hydroxyl groups excluding tert-OH is 1. The van der Waals surface area contributed by atoms with E-state index in [0.717, 1.165) is 173 Å². The van der Waals surface area contributed by atoms with Crippen molar-refractivity contribution in [2.24, 2.45) is 0 Å². The molecule has 100 heavy (non-hydrogen) atoms. The molecule has 0 rings (SSSR count). The van der Waals surface area contributed by atoms with Crippen LogP contribution in [0.3, 0.4) is 0 Å². The average molecular weight is 1450 g/mol. The Balaban J connectivity index is 5.34. The maximum atomic E-state index is 13.1. The second kappa shape index (κ2) is 73.5. The highest BCUT2D eigenvalue weighted by Crippen LogP contribution is 2.45. The SMILES string of the molecule is CC/C=C\C/C=C\C/C=C\C/C=C\CCCCCCCCC(=O)OCC(COP(=O)(O)OCC(O)COP(=O)(O)OCC(COC(=O)CCCCCCC/C=C\CCCCCC)OC(=O)CCCCCCCCCCCCCCC)OC(=O)CCCCCCC/C=C\C/C=C\CCCCC. The number of hydrogen-bond donors (Lipinski definition) is 3. The van der Waals surface area contributed by atoms with Gasteiger partial charge < -0.3 is 33.8 Å². The minimum absolute atomic E-state index is 0.0767. The predicted octanol–water partition coefficient (Wildman–Crippen LogP) is 23.0. The van der Waals surface area contributed by atoms with Gasteiger partial charge in [0, 0.05) is 25.7 Å². The molecule has 5 unspecified atom stereocenters. The van der Waals surface area contributed by atoms with Crippen molar-refractivity contribution in [1.82, 2.24) is 0 Å². The summed E-state index contributed by atoms with van der Waals surface area (Å²) >= 11 is 0. The van der Waals surface area contributed by atoms with Gasteiger partial charge in [-0.15, -0.1) is 0 Å². The molecule has 0 aliphatic carbocycles. The van der Waals surface area contributed by atoms with Crippen LogP contribution in [0.2, 0.25) is 0 Å². The zero-order valence-corrected chi connectivity index (χ0v) is 65.2. The Hall–Kier alpha value is -3.76. The third-order valence-corrected chi connectivity index (χ3v) is 18.7. The van der Waals surface area contributed by atoms with Gasteiger partial charge in [-0.05, 0) is 122 Å². The molecular formula is C81H144O17P2. The van der Waals surface area contributed by atoms with Crippen LogP contribution < -0.4 is 0 Å². The molecule has 0 amide bonds. The number of carbonyl (C=O) groups excluding carboxylic acids is 4. The lowest BCUT2D eigenvalue weighted by Gasteiger charge is -2.21. The van der Waals surface area contributed by atoms with Gasteiger partial charge in [0.1, 0.15) is 19.3 Å². The number of aliphatic hydroxyl groups is 1. The van der Waals surface area contributed by atoms with Gasteiger partial charge >= 0.3 is 39.5 Å². The standard InChI is InChI=1S/C81H144O17P2/c1-5-9-13-17-21-25-29-33-35-36-37-38-40-43-46-50-54-58-62-66-79(84)92-72-77(98-81(86)68-64-60-56-52-48-44-39-34-30-26-22-18-14-10-6-2)74-96-100(89,90)94-70-75(82)69-93-99(87,88)95-73-76(97-80(85)67-63-59-55-51-47-42-32-28-24-20-16-12-8-4)71-91-78(83)65-61-57-53-49-45-41-31-27-23-19-15-11-7-3/h9,13,21-22,25-27,31,33-35,37-39,75-77,82H,5-8,10-12,14-20,23-24,28-30,32,36,40-74H2,1-4H3,(H,87,88)(H,89,90)/b13-9-,25-21-,26-22-,31-27-,35-33-,38-37-,39-34-. The van der Waals surface area contributed by atoms with Gasteiger partial charge in [-0.1, -0.05) is 286 Å². The summed E-state index contributed by atoms with van der Waals surface area (Å²) in [4.78, 5) is 72.9. The fraction of sp³-hybridized carbons (Fsp3) is 0.778. The van der Waals surface area contributed by atoms with Gasteiger partial charge in [0.2, 0.25) is 0 Å². The lowest BCUT2D eigenvalue weighted by atomic mass is 10.0.